The van der Waals surface area contributed by atoms with E-state index in [9.17, 15) is 9.18 Å². The molecule has 0 fully saturated rings. The highest BCUT2D eigenvalue weighted by atomic mass is 32.1. The second kappa shape index (κ2) is 7.50. The Morgan fingerprint density at radius 1 is 1.53 bits per heavy atom. The molecule has 0 bridgehead atoms. The standard InChI is InChI=1S/C14H20FNO2S/c1-4-10(2)16(7-8-18-3)14(17)11-5-6-12(15)13(19)9-11/h5-6,9-10,19H,4,7-8H2,1-3H3. The van der Waals surface area contributed by atoms with Crippen LogP contribution < -0.4 is 0 Å². The van der Waals surface area contributed by atoms with Crippen LogP contribution in [0, 0.1) is 5.82 Å². The number of ether oxygens (including phenoxy) is 1. The summed E-state index contributed by atoms with van der Waals surface area (Å²) in [4.78, 5) is 14.4. The molecule has 0 saturated heterocycles. The number of benzene rings is 1. The molecule has 0 aliphatic carbocycles. The maximum Gasteiger partial charge on any atom is 0.254 e. The van der Waals surface area contributed by atoms with Crippen molar-refractivity contribution in [2.24, 2.45) is 0 Å². The summed E-state index contributed by atoms with van der Waals surface area (Å²) in [5, 5.41) is 0. The lowest BCUT2D eigenvalue weighted by atomic mass is 10.1. The van der Waals surface area contributed by atoms with Crippen LogP contribution >= 0.6 is 12.6 Å². The van der Waals surface area contributed by atoms with Crippen molar-refractivity contribution in [2.75, 3.05) is 20.3 Å². The lowest BCUT2D eigenvalue weighted by Gasteiger charge is -2.28. The molecule has 0 spiro atoms. The number of carbonyl (C=O) groups is 1. The SMILES string of the molecule is CCC(C)N(CCOC)C(=O)c1ccc(F)c(S)c1. The molecule has 0 N–H and O–H groups in total. The summed E-state index contributed by atoms with van der Waals surface area (Å²) in [6, 6.07) is 4.32. The van der Waals surface area contributed by atoms with Crippen molar-refractivity contribution in [1.82, 2.24) is 4.90 Å². The minimum atomic E-state index is -0.424. The number of rotatable bonds is 6. The fourth-order valence-corrected chi connectivity index (χ4v) is 1.96. The van der Waals surface area contributed by atoms with Gasteiger partial charge in [-0.1, -0.05) is 6.92 Å². The van der Waals surface area contributed by atoms with E-state index in [1.54, 1.807) is 12.0 Å². The molecule has 5 heteroatoms. The number of hydrogen-bond acceptors (Lipinski definition) is 3. The van der Waals surface area contributed by atoms with E-state index in [-0.39, 0.29) is 16.8 Å². The quantitative estimate of drug-likeness (QED) is 0.814. The first-order valence-electron chi connectivity index (χ1n) is 6.29. The molecule has 3 nitrogen and oxygen atoms in total. The summed E-state index contributed by atoms with van der Waals surface area (Å²) in [7, 11) is 1.60. The van der Waals surface area contributed by atoms with Crippen LogP contribution in [0.2, 0.25) is 0 Å². The van der Waals surface area contributed by atoms with Gasteiger partial charge in [-0.15, -0.1) is 12.6 Å². The number of amides is 1. The van der Waals surface area contributed by atoms with Crippen molar-refractivity contribution in [1.29, 1.82) is 0 Å². The number of carbonyl (C=O) groups excluding carboxylic acids is 1. The minimum Gasteiger partial charge on any atom is -0.383 e. The van der Waals surface area contributed by atoms with Crippen LogP contribution in [0.4, 0.5) is 4.39 Å². The third kappa shape index (κ3) is 4.21. The number of nitrogens with zero attached hydrogens (tertiary/aromatic N) is 1. The van der Waals surface area contributed by atoms with Gasteiger partial charge in [0.05, 0.1) is 6.61 Å². The summed E-state index contributed by atoms with van der Waals surface area (Å²) in [6.07, 6.45) is 0.852. The highest BCUT2D eigenvalue weighted by molar-refractivity contribution is 7.80. The van der Waals surface area contributed by atoms with Gasteiger partial charge in [0.25, 0.3) is 5.91 Å². The molecular weight excluding hydrogens is 265 g/mol. The molecule has 0 aliphatic rings. The van der Waals surface area contributed by atoms with Crippen LogP contribution in [0.1, 0.15) is 30.6 Å². The van der Waals surface area contributed by atoms with E-state index >= 15 is 0 Å². The maximum absolute atomic E-state index is 13.2. The van der Waals surface area contributed by atoms with Crippen molar-refractivity contribution >= 4 is 18.5 Å². The molecule has 0 heterocycles. The van der Waals surface area contributed by atoms with Gasteiger partial charge < -0.3 is 9.64 Å². The number of halogens is 1. The number of hydrogen-bond donors (Lipinski definition) is 1. The predicted octanol–water partition coefficient (Wildman–Crippen LogP) is 3.00. The van der Waals surface area contributed by atoms with Crippen LogP contribution in [0.5, 0.6) is 0 Å². The van der Waals surface area contributed by atoms with E-state index in [1.165, 1.54) is 18.2 Å². The Hall–Kier alpha value is -1.07. The van der Waals surface area contributed by atoms with Crippen molar-refractivity contribution in [3.8, 4) is 0 Å². The van der Waals surface area contributed by atoms with Gasteiger partial charge in [0.15, 0.2) is 0 Å². The fourth-order valence-electron chi connectivity index (χ4n) is 1.74. The van der Waals surface area contributed by atoms with Crippen molar-refractivity contribution in [3.63, 3.8) is 0 Å². The van der Waals surface area contributed by atoms with Gasteiger partial charge in [-0.25, -0.2) is 4.39 Å². The van der Waals surface area contributed by atoms with E-state index in [0.29, 0.717) is 18.7 Å². The van der Waals surface area contributed by atoms with Gasteiger partial charge in [-0.05, 0) is 31.5 Å². The van der Waals surface area contributed by atoms with E-state index in [4.69, 9.17) is 4.74 Å². The van der Waals surface area contributed by atoms with E-state index in [1.807, 2.05) is 13.8 Å². The van der Waals surface area contributed by atoms with Gasteiger partial charge in [0.1, 0.15) is 5.82 Å². The monoisotopic (exact) mass is 285 g/mol. The summed E-state index contributed by atoms with van der Waals surface area (Å²) >= 11 is 4.01. The van der Waals surface area contributed by atoms with Gasteiger partial charge in [-0.2, -0.15) is 0 Å². The molecule has 0 aromatic heterocycles. The zero-order valence-electron chi connectivity index (χ0n) is 11.5. The first kappa shape index (κ1) is 16.0. The summed E-state index contributed by atoms with van der Waals surface area (Å²) in [5.74, 6) is -0.548. The average Bonchev–Trinajstić information content (AvgIpc) is 2.41. The normalized spacial score (nSPS) is 12.3. The first-order chi connectivity index (χ1) is 9.01. The van der Waals surface area contributed by atoms with Crippen LogP contribution in [-0.2, 0) is 4.74 Å². The Labute approximate surface area is 119 Å². The molecule has 1 amide bonds. The van der Waals surface area contributed by atoms with Crippen LogP contribution in [0.25, 0.3) is 0 Å². The zero-order chi connectivity index (χ0) is 14.4. The maximum atomic E-state index is 13.2. The average molecular weight is 285 g/mol. The van der Waals surface area contributed by atoms with Gasteiger partial charge >= 0.3 is 0 Å². The third-order valence-corrected chi connectivity index (χ3v) is 3.46. The molecule has 1 atom stereocenters. The molecule has 1 aromatic carbocycles. The first-order valence-corrected chi connectivity index (χ1v) is 6.74. The molecule has 1 aromatic rings. The highest BCUT2D eigenvalue weighted by Crippen LogP contribution is 2.17. The van der Waals surface area contributed by atoms with Crippen molar-refractivity contribution in [2.45, 2.75) is 31.2 Å². The molecular formula is C14H20FNO2S. The van der Waals surface area contributed by atoms with Crippen LogP contribution in [-0.4, -0.2) is 37.1 Å². The van der Waals surface area contributed by atoms with Crippen LogP contribution in [0.15, 0.2) is 23.1 Å². The lowest BCUT2D eigenvalue weighted by molar-refractivity contribution is 0.0613. The molecule has 19 heavy (non-hydrogen) atoms. The van der Waals surface area contributed by atoms with E-state index in [0.717, 1.165) is 6.42 Å². The Balaban J connectivity index is 2.94. The summed E-state index contributed by atoms with van der Waals surface area (Å²) in [6.45, 7) is 5.00. The lowest BCUT2D eigenvalue weighted by Crippen LogP contribution is -2.40. The van der Waals surface area contributed by atoms with E-state index < -0.39 is 5.82 Å². The van der Waals surface area contributed by atoms with Crippen LogP contribution in [0.3, 0.4) is 0 Å². The van der Waals surface area contributed by atoms with Crippen molar-refractivity contribution < 1.29 is 13.9 Å². The molecule has 106 valence electrons. The zero-order valence-corrected chi connectivity index (χ0v) is 12.4. The van der Waals surface area contributed by atoms with Crippen molar-refractivity contribution in [3.05, 3.63) is 29.6 Å². The van der Waals surface area contributed by atoms with Gasteiger partial charge in [-0.3, -0.25) is 4.79 Å². The second-order valence-corrected chi connectivity index (χ2v) is 4.90. The highest BCUT2D eigenvalue weighted by Gasteiger charge is 2.20. The smallest absolute Gasteiger partial charge is 0.254 e. The number of thiol groups is 1. The largest absolute Gasteiger partial charge is 0.383 e. The van der Waals surface area contributed by atoms with E-state index in [2.05, 4.69) is 12.6 Å². The number of methoxy groups -OCH3 is 1. The Bertz CT molecular complexity index is 439. The topological polar surface area (TPSA) is 29.5 Å². The molecule has 0 saturated carbocycles. The predicted molar refractivity (Wildman–Crippen MR) is 76.3 cm³/mol. The second-order valence-electron chi connectivity index (χ2n) is 4.41. The van der Waals surface area contributed by atoms with Gasteiger partial charge in [0.2, 0.25) is 0 Å². The minimum absolute atomic E-state index is 0.107. The van der Waals surface area contributed by atoms with Gasteiger partial charge in [0, 0.05) is 30.2 Å². The third-order valence-electron chi connectivity index (χ3n) is 3.11. The molecule has 1 unspecified atom stereocenters. The Kier molecular flexibility index (Phi) is 6.31. The molecule has 0 aliphatic heterocycles. The molecule has 0 radical (unpaired) electrons. The molecule has 1 rings (SSSR count). The fraction of sp³-hybridized carbons (Fsp3) is 0.500. The Morgan fingerprint density at radius 2 is 2.21 bits per heavy atom. The summed E-state index contributed by atoms with van der Waals surface area (Å²) < 4.78 is 18.2. The summed E-state index contributed by atoms with van der Waals surface area (Å²) in [5.41, 5.74) is 0.447. The Morgan fingerprint density at radius 3 is 2.74 bits per heavy atom.